The average molecular weight is 583 g/mol. The quantitative estimate of drug-likeness (QED) is 0.181. The SMILES string of the molecule is c1ccc(-c2c3ccccc3c(-c3cccc4ccc(-c5ccc(-c6cccc7ccccc67)cc5)cc34)c3ccccc23)cc1. The van der Waals surface area contributed by atoms with Gasteiger partial charge >= 0.3 is 0 Å². The van der Waals surface area contributed by atoms with E-state index in [4.69, 9.17) is 0 Å². The Hall–Kier alpha value is -5.98. The van der Waals surface area contributed by atoms with Gasteiger partial charge in [-0.15, -0.1) is 0 Å². The van der Waals surface area contributed by atoms with Crippen molar-refractivity contribution in [1.29, 1.82) is 0 Å². The fourth-order valence-corrected chi connectivity index (χ4v) is 7.32. The van der Waals surface area contributed by atoms with Crippen LogP contribution in [0.4, 0.5) is 0 Å². The molecule has 0 heteroatoms. The molecule has 0 saturated heterocycles. The predicted octanol–water partition coefficient (Wildman–Crippen LogP) is 13.0. The highest BCUT2D eigenvalue weighted by atomic mass is 14.2. The number of benzene rings is 9. The molecule has 0 bridgehead atoms. The first-order valence-electron chi connectivity index (χ1n) is 15.9. The first-order valence-corrected chi connectivity index (χ1v) is 15.9. The van der Waals surface area contributed by atoms with Gasteiger partial charge in [-0.2, -0.15) is 0 Å². The summed E-state index contributed by atoms with van der Waals surface area (Å²) in [6.07, 6.45) is 0. The van der Waals surface area contributed by atoms with Gasteiger partial charge in [0.15, 0.2) is 0 Å². The first kappa shape index (κ1) is 26.4. The molecule has 0 aromatic heterocycles. The van der Waals surface area contributed by atoms with Crippen LogP contribution in [0.2, 0.25) is 0 Å². The van der Waals surface area contributed by atoms with E-state index in [1.165, 1.54) is 87.6 Å². The number of fused-ring (bicyclic) bond motifs is 4. The van der Waals surface area contributed by atoms with Crippen LogP contribution in [-0.2, 0) is 0 Å². The molecule has 0 aliphatic carbocycles. The van der Waals surface area contributed by atoms with E-state index in [9.17, 15) is 0 Å². The summed E-state index contributed by atoms with van der Waals surface area (Å²) in [5.74, 6) is 0. The molecule has 0 aliphatic rings. The fraction of sp³-hybridized carbons (Fsp3) is 0. The normalized spacial score (nSPS) is 11.5. The molecule has 214 valence electrons. The lowest BCUT2D eigenvalue weighted by atomic mass is 9.84. The smallest absolute Gasteiger partial charge is 0.00201 e. The van der Waals surface area contributed by atoms with E-state index in [2.05, 4.69) is 182 Å². The number of hydrogen-bond donors (Lipinski definition) is 0. The van der Waals surface area contributed by atoms with E-state index in [0.717, 1.165) is 0 Å². The fourth-order valence-electron chi connectivity index (χ4n) is 7.32. The van der Waals surface area contributed by atoms with Crippen molar-refractivity contribution in [3.63, 3.8) is 0 Å². The summed E-state index contributed by atoms with van der Waals surface area (Å²) in [6, 6.07) is 66.5. The van der Waals surface area contributed by atoms with Crippen LogP contribution in [0.25, 0.3) is 87.6 Å². The molecule has 0 unspecified atom stereocenters. The third-order valence-corrected chi connectivity index (χ3v) is 9.46. The molecule has 0 fully saturated rings. The molecule has 9 rings (SSSR count). The summed E-state index contributed by atoms with van der Waals surface area (Å²) in [6.45, 7) is 0. The Labute approximate surface area is 268 Å². The van der Waals surface area contributed by atoms with Crippen molar-refractivity contribution in [3.8, 4) is 44.5 Å². The molecular weight excluding hydrogens is 553 g/mol. The molecule has 0 nitrogen and oxygen atoms in total. The van der Waals surface area contributed by atoms with Crippen molar-refractivity contribution in [1.82, 2.24) is 0 Å². The highest BCUT2D eigenvalue weighted by Gasteiger charge is 2.18. The number of rotatable bonds is 4. The van der Waals surface area contributed by atoms with Crippen LogP contribution in [-0.4, -0.2) is 0 Å². The zero-order valence-electron chi connectivity index (χ0n) is 25.3. The van der Waals surface area contributed by atoms with Gasteiger partial charge in [0.1, 0.15) is 0 Å². The first-order chi connectivity index (χ1) is 22.8. The molecule has 9 aromatic carbocycles. The van der Waals surface area contributed by atoms with Gasteiger partial charge < -0.3 is 0 Å². The molecule has 0 atom stereocenters. The van der Waals surface area contributed by atoms with Crippen molar-refractivity contribution in [2.75, 3.05) is 0 Å². The molecule has 0 spiro atoms. The van der Waals surface area contributed by atoms with Crippen molar-refractivity contribution in [2.24, 2.45) is 0 Å². The van der Waals surface area contributed by atoms with Crippen LogP contribution in [0, 0.1) is 0 Å². The summed E-state index contributed by atoms with van der Waals surface area (Å²) in [7, 11) is 0. The topological polar surface area (TPSA) is 0 Å². The van der Waals surface area contributed by atoms with E-state index in [1.54, 1.807) is 0 Å². The zero-order chi connectivity index (χ0) is 30.5. The van der Waals surface area contributed by atoms with Gasteiger partial charge in [0.05, 0.1) is 0 Å². The Morgan fingerprint density at radius 2 is 0.696 bits per heavy atom. The van der Waals surface area contributed by atoms with Gasteiger partial charge in [0.2, 0.25) is 0 Å². The van der Waals surface area contributed by atoms with Crippen molar-refractivity contribution >= 4 is 43.1 Å². The summed E-state index contributed by atoms with van der Waals surface area (Å²) in [4.78, 5) is 0. The molecule has 0 amide bonds. The lowest BCUT2D eigenvalue weighted by Crippen LogP contribution is -1.91. The summed E-state index contributed by atoms with van der Waals surface area (Å²) < 4.78 is 0. The third-order valence-electron chi connectivity index (χ3n) is 9.46. The lowest BCUT2D eigenvalue weighted by molar-refractivity contribution is 1.62. The Morgan fingerprint density at radius 3 is 1.37 bits per heavy atom. The van der Waals surface area contributed by atoms with Crippen LogP contribution in [0.15, 0.2) is 182 Å². The average Bonchev–Trinajstić information content (AvgIpc) is 3.13. The van der Waals surface area contributed by atoms with Gasteiger partial charge in [0.25, 0.3) is 0 Å². The van der Waals surface area contributed by atoms with Crippen molar-refractivity contribution in [2.45, 2.75) is 0 Å². The molecule has 0 saturated carbocycles. The van der Waals surface area contributed by atoms with Crippen LogP contribution < -0.4 is 0 Å². The van der Waals surface area contributed by atoms with Gasteiger partial charge in [-0.3, -0.25) is 0 Å². The van der Waals surface area contributed by atoms with E-state index in [0.29, 0.717) is 0 Å². The Balaban J connectivity index is 1.23. The minimum absolute atomic E-state index is 1.22. The molecule has 0 heterocycles. The van der Waals surface area contributed by atoms with Gasteiger partial charge in [0, 0.05) is 0 Å². The van der Waals surface area contributed by atoms with Crippen LogP contribution in [0.3, 0.4) is 0 Å². The molecule has 46 heavy (non-hydrogen) atoms. The largest absolute Gasteiger partial charge is 0.0622 e. The zero-order valence-corrected chi connectivity index (χ0v) is 25.3. The standard InChI is InChI=1S/C46H30/c1-2-13-35(14-3-1)45-39-18-6-8-20-41(39)46(42-21-9-7-19-40(42)45)43-23-11-16-33-28-29-36(30-44(33)43)31-24-26-34(27-25-31)38-22-10-15-32-12-4-5-17-37(32)38/h1-30H. The number of hydrogen-bond acceptors (Lipinski definition) is 0. The third kappa shape index (κ3) is 4.30. The van der Waals surface area contributed by atoms with Gasteiger partial charge in [-0.05, 0) is 93.7 Å². The molecule has 0 aliphatic heterocycles. The minimum atomic E-state index is 1.22. The van der Waals surface area contributed by atoms with Gasteiger partial charge in [-0.1, -0.05) is 176 Å². The second-order valence-electron chi connectivity index (χ2n) is 12.1. The maximum Gasteiger partial charge on any atom is -0.00201 e. The summed E-state index contributed by atoms with van der Waals surface area (Å²) in [5.41, 5.74) is 10.0. The van der Waals surface area contributed by atoms with Crippen LogP contribution in [0.1, 0.15) is 0 Å². The van der Waals surface area contributed by atoms with Crippen molar-refractivity contribution < 1.29 is 0 Å². The van der Waals surface area contributed by atoms with Crippen LogP contribution in [0.5, 0.6) is 0 Å². The summed E-state index contributed by atoms with van der Waals surface area (Å²) >= 11 is 0. The highest BCUT2D eigenvalue weighted by Crippen LogP contribution is 2.45. The predicted molar refractivity (Wildman–Crippen MR) is 198 cm³/mol. The Bertz CT molecular complexity index is 2490. The van der Waals surface area contributed by atoms with E-state index >= 15 is 0 Å². The minimum Gasteiger partial charge on any atom is -0.0622 e. The Kier molecular flexibility index (Phi) is 6.25. The second kappa shape index (κ2) is 10.9. The molecule has 9 aromatic rings. The monoisotopic (exact) mass is 582 g/mol. The Morgan fingerprint density at radius 1 is 0.217 bits per heavy atom. The van der Waals surface area contributed by atoms with Crippen LogP contribution >= 0.6 is 0 Å². The van der Waals surface area contributed by atoms with E-state index in [1.807, 2.05) is 0 Å². The van der Waals surface area contributed by atoms with E-state index < -0.39 is 0 Å². The van der Waals surface area contributed by atoms with Gasteiger partial charge in [-0.25, -0.2) is 0 Å². The lowest BCUT2D eigenvalue weighted by Gasteiger charge is -2.19. The molecule has 0 N–H and O–H groups in total. The molecular formula is C46H30. The summed E-state index contributed by atoms with van der Waals surface area (Å²) in [5, 5.41) is 10.2. The maximum absolute atomic E-state index is 2.38. The maximum atomic E-state index is 2.38. The second-order valence-corrected chi connectivity index (χ2v) is 12.1. The van der Waals surface area contributed by atoms with E-state index in [-0.39, 0.29) is 0 Å². The molecule has 0 radical (unpaired) electrons. The highest BCUT2D eigenvalue weighted by molar-refractivity contribution is 6.23. The van der Waals surface area contributed by atoms with Crippen molar-refractivity contribution in [3.05, 3.63) is 182 Å².